The lowest BCUT2D eigenvalue weighted by Crippen LogP contribution is -2.58. The van der Waals surface area contributed by atoms with E-state index in [1.54, 1.807) is 11.0 Å². The molecule has 0 aromatic carbocycles. The van der Waals surface area contributed by atoms with E-state index >= 15 is 0 Å². The van der Waals surface area contributed by atoms with E-state index in [1.807, 2.05) is 17.9 Å². The predicted molar refractivity (Wildman–Crippen MR) is 102 cm³/mol. The van der Waals surface area contributed by atoms with E-state index in [-0.39, 0.29) is 11.8 Å². The smallest absolute Gasteiger partial charge is 0.227 e. The van der Waals surface area contributed by atoms with Crippen LogP contribution in [0.5, 0.6) is 0 Å². The molecule has 5 rings (SSSR count). The Balaban J connectivity index is 1.39. The van der Waals surface area contributed by atoms with Crippen molar-refractivity contribution in [2.45, 2.75) is 56.7 Å². The van der Waals surface area contributed by atoms with Crippen LogP contribution in [0.3, 0.4) is 0 Å². The van der Waals surface area contributed by atoms with Crippen molar-refractivity contribution in [2.24, 2.45) is 11.8 Å². The third kappa shape index (κ3) is 3.55. The second-order valence-electron chi connectivity index (χ2n) is 8.61. The Morgan fingerprint density at radius 3 is 2.93 bits per heavy atom. The summed E-state index contributed by atoms with van der Waals surface area (Å²) in [6.45, 7) is 7.01. The van der Waals surface area contributed by atoms with Crippen LogP contribution in [0.1, 0.15) is 44.2 Å². The number of hydrogen-bond acceptors (Lipinski definition) is 5. The molecule has 1 aromatic heterocycles. The summed E-state index contributed by atoms with van der Waals surface area (Å²) in [7, 11) is 1.86. The lowest BCUT2D eigenvalue weighted by atomic mass is 9.75. The number of amides is 1. The Labute approximate surface area is 161 Å². The Bertz CT molecular complexity index is 696. The fraction of sp³-hybridized carbons (Fsp3) is 0.750. The van der Waals surface area contributed by atoms with E-state index in [4.69, 9.17) is 0 Å². The van der Waals surface area contributed by atoms with Gasteiger partial charge in [-0.3, -0.25) is 14.4 Å². The third-order valence-electron chi connectivity index (χ3n) is 6.82. The van der Waals surface area contributed by atoms with Gasteiger partial charge in [-0.1, -0.05) is 24.1 Å². The van der Waals surface area contributed by atoms with Gasteiger partial charge in [-0.25, -0.2) is 0 Å². The summed E-state index contributed by atoms with van der Waals surface area (Å²) in [4.78, 5) is 17.0. The molecule has 4 atom stereocenters. The highest BCUT2D eigenvalue weighted by Crippen LogP contribution is 2.39. The zero-order valence-corrected chi connectivity index (χ0v) is 16.3. The van der Waals surface area contributed by atoms with Crippen molar-refractivity contribution < 1.29 is 9.90 Å². The number of nitrogens with zero attached hydrogens (tertiary/aromatic N) is 5. The highest BCUT2D eigenvalue weighted by Gasteiger charge is 2.44. The maximum Gasteiger partial charge on any atom is 0.227 e. The van der Waals surface area contributed by atoms with Crippen LogP contribution in [0.4, 0.5) is 0 Å². The van der Waals surface area contributed by atoms with Gasteiger partial charge in [0.2, 0.25) is 5.91 Å². The standard InChI is InChI=1S/C20H31N5O2/c1-3-9-23(2)19(26)17-13-24-10-6-15(17)11-16(24)12-25-14-18(21-22-25)20(27)7-4-5-8-20/h3,14-17,27H,1,4-13H2,2H3/t15?,16-,17+/m1/s1. The molecule has 2 unspecified atom stereocenters. The van der Waals surface area contributed by atoms with Crippen LogP contribution in [0, 0.1) is 11.8 Å². The maximum absolute atomic E-state index is 12.7. The van der Waals surface area contributed by atoms with E-state index in [0.29, 0.717) is 18.5 Å². The quantitative estimate of drug-likeness (QED) is 0.763. The minimum absolute atomic E-state index is 0.102. The van der Waals surface area contributed by atoms with Crippen molar-refractivity contribution >= 4 is 5.91 Å². The van der Waals surface area contributed by atoms with Crippen molar-refractivity contribution in [1.29, 1.82) is 0 Å². The SMILES string of the molecule is C=CCN(C)C(=O)[C@H]1CN2CCC1C[C@@H]2Cn1cc(C2(O)CCCC2)nn1. The molecule has 27 heavy (non-hydrogen) atoms. The summed E-state index contributed by atoms with van der Waals surface area (Å²) in [5, 5.41) is 19.2. The second-order valence-corrected chi connectivity index (χ2v) is 8.61. The molecule has 1 N–H and O–H groups in total. The van der Waals surface area contributed by atoms with Gasteiger partial charge in [0.15, 0.2) is 0 Å². The number of carbonyl (C=O) groups excluding carboxylic acids is 1. The first-order chi connectivity index (χ1) is 13.0. The molecule has 1 aromatic rings. The molecule has 3 aliphatic heterocycles. The summed E-state index contributed by atoms with van der Waals surface area (Å²) in [6, 6.07) is 0.394. The van der Waals surface area contributed by atoms with E-state index < -0.39 is 5.60 Å². The molecule has 4 heterocycles. The number of hydrogen-bond donors (Lipinski definition) is 1. The monoisotopic (exact) mass is 373 g/mol. The topological polar surface area (TPSA) is 74.5 Å². The van der Waals surface area contributed by atoms with Gasteiger partial charge in [-0.05, 0) is 38.1 Å². The normalized spacial score (nSPS) is 31.8. The molecular formula is C20H31N5O2. The molecular weight excluding hydrogens is 342 g/mol. The molecule has 0 spiro atoms. The Morgan fingerprint density at radius 1 is 1.48 bits per heavy atom. The van der Waals surface area contributed by atoms with Gasteiger partial charge in [0.1, 0.15) is 11.3 Å². The van der Waals surface area contributed by atoms with Crippen molar-refractivity contribution in [3.63, 3.8) is 0 Å². The van der Waals surface area contributed by atoms with Crippen LogP contribution >= 0.6 is 0 Å². The number of carbonyl (C=O) groups is 1. The highest BCUT2D eigenvalue weighted by atomic mass is 16.3. The molecule has 2 bridgehead atoms. The molecule has 7 nitrogen and oxygen atoms in total. The number of fused-ring (bicyclic) bond motifs is 3. The van der Waals surface area contributed by atoms with Gasteiger partial charge in [0, 0.05) is 26.2 Å². The van der Waals surface area contributed by atoms with Crippen LogP contribution in [-0.4, -0.2) is 68.5 Å². The zero-order valence-electron chi connectivity index (χ0n) is 16.3. The van der Waals surface area contributed by atoms with E-state index in [2.05, 4.69) is 21.8 Å². The van der Waals surface area contributed by atoms with E-state index in [9.17, 15) is 9.90 Å². The molecule has 7 heteroatoms. The fourth-order valence-electron chi connectivity index (χ4n) is 5.21. The first-order valence-corrected chi connectivity index (χ1v) is 10.2. The lowest BCUT2D eigenvalue weighted by Gasteiger charge is -2.49. The molecule has 1 saturated carbocycles. The lowest BCUT2D eigenvalue weighted by molar-refractivity contribution is -0.142. The highest BCUT2D eigenvalue weighted by molar-refractivity contribution is 5.79. The van der Waals surface area contributed by atoms with Crippen LogP contribution in [0.15, 0.2) is 18.9 Å². The van der Waals surface area contributed by atoms with Crippen LogP contribution in [-0.2, 0) is 16.9 Å². The van der Waals surface area contributed by atoms with Gasteiger partial charge in [-0.15, -0.1) is 11.7 Å². The summed E-state index contributed by atoms with van der Waals surface area (Å²) >= 11 is 0. The second kappa shape index (κ2) is 7.36. The molecule has 148 valence electrons. The minimum Gasteiger partial charge on any atom is -0.383 e. The summed E-state index contributed by atoms with van der Waals surface area (Å²) < 4.78 is 1.89. The van der Waals surface area contributed by atoms with E-state index in [0.717, 1.165) is 63.9 Å². The molecule has 4 fully saturated rings. The van der Waals surface area contributed by atoms with Gasteiger partial charge in [0.25, 0.3) is 0 Å². The average Bonchev–Trinajstić information content (AvgIpc) is 3.32. The largest absolute Gasteiger partial charge is 0.383 e. The fourth-order valence-corrected chi connectivity index (χ4v) is 5.21. The Kier molecular flexibility index (Phi) is 5.07. The van der Waals surface area contributed by atoms with Crippen molar-refractivity contribution in [3.05, 3.63) is 24.5 Å². The molecule has 0 radical (unpaired) electrons. The van der Waals surface area contributed by atoms with Crippen molar-refractivity contribution in [1.82, 2.24) is 24.8 Å². The molecule has 1 aliphatic carbocycles. The first-order valence-electron chi connectivity index (χ1n) is 10.2. The van der Waals surface area contributed by atoms with Crippen LogP contribution < -0.4 is 0 Å². The predicted octanol–water partition coefficient (Wildman–Crippen LogP) is 1.39. The van der Waals surface area contributed by atoms with Gasteiger partial charge in [0.05, 0.1) is 18.7 Å². The number of aliphatic hydroxyl groups is 1. The third-order valence-corrected chi connectivity index (χ3v) is 6.82. The van der Waals surface area contributed by atoms with Gasteiger partial charge < -0.3 is 10.0 Å². The summed E-state index contributed by atoms with van der Waals surface area (Å²) in [6.07, 6.45) is 9.50. The Morgan fingerprint density at radius 2 is 2.26 bits per heavy atom. The van der Waals surface area contributed by atoms with Crippen LogP contribution in [0.25, 0.3) is 0 Å². The van der Waals surface area contributed by atoms with Gasteiger partial charge in [-0.2, -0.15) is 0 Å². The summed E-state index contributed by atoms with van der Waals surface area (Å²) in [5.74, 6) is 0.793. The van der Waals surface area contributed by atoms with E-state index in [1.165, 1.54) is 0 Å². The first kappa shape index (κ1) is 18.6. The molecule has 3 saturated heterocycles. The molecule has 4 aliphatic rings. The minimum atomic E-state index is -0.780. The van der Waals surface area contributed by atoms with Crippen molar-refractivity contribution in [2.75, 3.05) is 26.7 Å². The molecule has 1 amide bonds. The number of likely N-dealkylation sites (N-methyl/N-ethyl adjacent to an activating group) is 1. The summed E-state index contributed by atoms with van der Waals surface area (Å²) in [5.41, 5.74) is -0.0627. The zero-order chi connectivity index (χ0) is 19.0. The number of rotatable bonds is 6. The van der Waals surface area contributed by atoms with Crippen molar-refractivity contribution in [3.8, 4) is 0 Å². The van der Waals surface area contributed by atoms with Crippen LogP contribution in [0.2, 0.25) is 0 Å². The number of aromatic nitrogens is 3. The maximum atomic E-state index is 12.7. The average molecular weight is 374 g/mol. The number of piperidine rings is 3. The van der Waals surface area contributed by atoms with Gasteiger partial charge >= 0.3 is 0 Å². The Hall–Kier alpha value is -1.73.